The van der Waals surface area contributed by atoms with Crippen molar-refractivity contribution in [2.45, 2.75) is 12.6 Å². The van der Waals surface area contributed by atoms with Crippen molar-refractivity contribution in [2.24, 2.45) is 12.8 Å². The maximum absolute atomic E-state index is 13.4. The molecule has 4 heterocycles. The van der Waals surface area contributed by atoms with Crippen LogP contribution >= 0.6 is 11.3 Å². The summed E-state index contributed by atoms with van der Waals surface area (Å²) in [6.07, 6.45) is -6.45. The fourth-order valence-corrected chi connectivity index (χ4v) is 4.16. The second kappa shape index (κ2) is 7.95. The molecule has 0 spiro atoms. The van der Waals surface area contributed by atoms with E-state index in [1.165, 1.54) is 18.4 Å². The van der Waals surface area contributed by atoms with Gasteiger partial charge in [0.1, 0.15) is 26.9 Å². The summed E-state index contributed by atoms with van der Waals surface area (Å²) in [6.45, 7) is 0. The SMILES string of the molecule is Cn1nc(C(F)(F)F)cc1C(=O)Nc1c(C(N)=O)sc2nc(C(F)F)cc(-c3ccco3)c12. The Kier molecular flexibility index (Phi) is 5.40. The Hall–Kier alpha value is -3.81. The minimum Gasteiger partial charge on any atom is -0.464 e. The van der Waals surface area contributed by atoms with Gasteiger partial charge in [-0.1, -0.05) is 0 Å². The number of halogens is 5. The molecule has 0 aliphatic heterocycles. The molecule has 0 aromatic carbocycles. The first-order chi connectivity index (χ1) is 15.5. The van der Waals surface area contributed by atoms with Crippen molar-refractivity contribution in [1.82, 2.24) is 14.8 Å². The van der Waals surface area contributed by atoms with E-state index >= 15 is 0 Å². The zero-order valence-corrected chi connectivity index (χ0v) is 17.2. The smallest absolute Gasteiger partial charge is 0.435 e. The number of primary amides is 1. The summed E-state index contributed by atoms with van der Waals surface area (Å²) in [4.78, 5) is 28.4. The molecule has 0 saturated carbocycles. The molecule has 172 valence electrons. The van der Waals surface area contributed by atoms with E-state index in [2.05, 4.69) is 15.4 Å². The fraction of sp³-hybridized carbons (Fsp3) is 0.158. The lowest BCUT2D eigenvalue weighted by atomic mass is 10.1. The fourth-order valence-electron chi connectivity index (χ4n) is 3.14. The third-order valence-electron chi connectivity index (χ3n) is 4.56. The number of hydrogen-bond acceptors (Lipinski definition) is 6. The number of pyridine rings is 1. The quantitative estimate of drug-likeness (QED) is 0.401. The second-order valence-corrected chi connectivity index (χ2v) is 7.71. The Morgan fingerprint density at radius 2 is 2.00 bits per heavy atom. The second-order valence-electron chi connectivity index (χ2n) is 6.71. The predicted octanol–water partition coefficient (Wildman–Crippen LogP) is 4.60. The molecule has 0 fully saturated rings. The van der Waals surface area contributed by atoms with Gasteiger partial charge in [0, 0.05) is 24.1 Å². The van der Waals surface area contributed by atoms with Crippen LogP contribution in [0.1, 0.15) is 38.0 Å². The number of rotatable bonds is 5. The first-order valence-electron chi connectivity index (χ1n) is 8.99. The first kappa shape index (κ1) is 22.4. The van der Waals surface area contributed by atoms with Crippen molar-refractivity contribution < 1.29 is 36.0 Å². The Bertz CT molecular complexity index is 1370. The van der Waals surface area contributed by atoms with E-state index in [0.29, 0.717) is 17.4 Å². The monoisotopic (exact) mass is 485 g/mol. The molecule has 0 aliphatic rings. The number of carbonyl (C=O) groups excluding carboxylic acids is 2. The van der Waals surface area contributed by atoms with Crippen molar-refractivity contribution in [3.05, 3.63) is 52.5 Å². The number of nitrogens with one attached hydrogen (secondary N) is 1. The molecule has 2 amide bonds. The Morgan fingerprint density at radius 1 is 1.27 bits per heavy atom. The average molecular weight is 485 g/mol. The number of nitrogens with two attached hydrogens (primary N) is 1. The molecule has 14 heteroatoms. The van der Waals surface area contributed by atoms with Gasteiger partial charge < -0.3 is 15.5 Å². The number of fused-ring (bicyclic) bond motifs is 1. The number of furan rings is 1. The molecule has 0 saturated heterocycles. The minimum absolute atomic E-state index is 0.0516. The van der Waals surface area contributed by atoms with Gasteiger partial charge in [-0.2, -0.15) is 18.3 Å². The van der Waals surface area contributed by atoms with E-state index in [9.17, 15) is 31.5 Å². The summed E-state index contributed by atoms with van der Waals surface area (Å²) in [5.74, 6) is -1.90. The van der Waals surface area contributed by atoms with Gasteiger partial charge in [0.15, 0.2) is 5.69 Å². The number of amides is 2. The van der Waals surface area contributed by atoms with Gasteiger partial charge >= 0.3 is 6.18 Å². The average Bonchev–Trinajstić information content (AvgIpc) is 3.45. The molecule has 0 bridgehead atoms. The molecule has 4 aromatic heterocycles. The molecular weight excluding hydrogens is 473 g/mol. The van der Waals surface area contributed by atoms with Crippen molar-refractivity contribution in [1.29, 1.82) is 0 Å². The summed E-state index contributed by atoms with van der Waals surface area (Å²) in [5.41, 5.74) is 2.93. The molecule has 8 nitrogen and oxygen atoms in total. The Labute approximate surface area is 184 Å². The van der Waals surface area contributed by atoms with Crippen molar-refractivity contribution in [3.8, 4) is 11.3 Å². The number of alkyl halides is 5. The van der Waals surface area contributed by atoms with Crippen molar-refractivity contribution in [3.63, 3.8) is 0 Å². The van der Waals surface area contributed by atoms with Crippen LogP contribution in [0.4, 0.5) is 27.6 Å². The van der Waals surface area contributed by atoms with E-state index in [1.54, 1.807) is 0 Å². The van der Waals surface area contributed by atoms with Crippen LogP contribution in [-0.4, -0.2) is 26.6 Å². The summed E-state index contributed by atoms with van der Waals surface area (Å²) in [6, 6.07) is 4.53. The highest BCUT2D eigenvalue weighted by molar-refractivity contribution is 7.21. The Balaban J connectivity index is 1.90. The van der Waals surface area contributed by atoms with Gasteiger partial charge in [0.05, 0.1) is 12.0 Å². The topological polar surface area (TPSA) is 116 Å². The molecule has 0 atom stereocenters. The van der Waals surface area contributed by atoms with E-state index in [0.717, 1.165) is 17.8 Å². The largest absolute Gasteiger partial charge is 0.464 e. The van der Waals surface area contributed by atoms with Crippen LogP contribution in [0.15, 0.2) is 34.9 Å². The molecule has 0 aliphatic carbocycles. The molecule has 0 unspecified atom stereocenters. The third-order valence-corrected chi connectivity index (χ3v) is 5.66. The van der Waals surface area contributed by atoms with E-state index in [4.69, 9.17) is 10.2 Å². The zero-order chi connectivity index (χ0) is 24.1. The molecule has 4 rings (SSSR count). The summed E-state index contributed by atoms with van der Waals surface area (Å²) >= 11 is 0.648. The first-order valence-corrected chi connectivity index (χ1v) is 9.81. The van der Waals surface area contributed by atoms with E-state index in [1.807, 2.05) is 0 Å². The molecule has 3 N–H and O–H groups in total. The minimum atomic E-state index is -4.79. The molecular formula is C19H12F5N5O3S. The molecule has 0 radical (unpaired) electrons. The lowest BCUT2D eigenvalue weighted by molar-refractivity contribution is -0.141. The van der Waals surface area contributed by atoms with Crippen LogP contribution < -0.4 is 11.1 Å². The summed E-state index contributed by atoms with van der Waals surface area (Å²) in [5, 5.41) is 5.70. The van der Waals surface area contributed by atoms with Gasteiger partial charge in [-0.3, -0.25) is 14.3 Å². The molecule has 4 aromatic rings. The number of hydrogen-bond donors (Lipinski definition) is 2. The highest BCUT2D eigenvalue weighted by Gasteiger charge is 2.36. The predicted molar refractivity (Wildman–Crippen MR) is 107 cm³/mol. The van der Waals surface area contributed by atoms with E-state index in [-0.39, 0.29) is 32.1 Å². The lowest BCUT2D eigenvalue weighted by Crippen LogP contribution is -2.19. The molecule has 33 heavy (non-hydrogen) atoms. The van der Waals surface area contributed by atoms with Crippen LogP contribution in [0, 0.1) is 0 Å². The summed E-state index contributed by atoms with van der Waals surface area (Å²) < 4.78 is 71.7. The summed E-state index contributed by atoms with van der Waals surface area (Å²) in [7, 11) is 1.13. The number of thiophene rings is 1. The number of aryl methyl sites for hydroxylation is 1. The van der Waals surface area contributed by atoms with Gasteiger partial charge in [0.25, 0.3) is 18.2 Å². The van der Waals surface area contributed by atoms with Crippen molar-refractivity contribution in [2.75, 3.05) is 5.32 Å². The highest BCUT2D eigenvalue weighted by atomic mass is 32.1. The maximum Gasteiger partial charge on any atom is 0.435 e. The van der Waals surface area contributed by atoms with Crippen LogP contribution in [0.5, 0.6) is 0 Å². The van der Waals surface area contributed by atoms with Gasteiger partial charge in [0.2, 0.25) is 0 Å². The normalized spacial score (nSPS) is 12.0. The van der Waals surface area contributed by atoms with Gasteiger partial charge in [-0.25, -0.2) is 13.8 Å². The van der Waals surface area contributed by atoms with Crippen LogP contribution in [0.25, 0.3) is 21.5 Å². The van der Waals surface area contributed by atoms with Crippen LogP contribution in [0.2, 0.25) is 0 Å². The third kappa shape index (κ3) is 4.04. The van der Waals surface area contributed by atoms with Crippen LogP contribution in [-0.2, 0) is 13.2 Å². The number of nitrogens with zero attached hydrogens (tertiary/aromatic N) is 3. The van der Waals surface area contributed by atoms with Crippen molar-refractivity contribution >= 4 is 39.1 Å². The number of anilines is 1. The number of carbonyl (C=O) groups is 2. The Morgan fingerprint density at radius 3 is 2.55 bits per heavy atom. The zero-order valence-electron chi connectivity index (χ0n) is 16.4. The van der Waals surface area contributed by atoms with Gasteiger partial charge in [-0.05, 0) is 18.2 Å². The maximum atomic E-state index is 13.4. The standard InChI is InChI=1S/C19H12F5N5O3S/c1-29-9(6-11(28-29)19(22,23)24)17(31)27-13-12-7(10-3-2-4-32-10)5-8(15(20)21)26-18(12)33-14(13)16(25)30/h2-6,15H,1H3,(H2,25,30)(H,27,31). The number of aromatic nitrogens is 3. The van der Waals surface area contributed by atoms with Gasteiger partial charge in [-0.15, -0.1) is 11.3 Å². The van der Waals surface area contributed by atoms with Crippen LogP contribution in [0.3, 0.4) is 0 Å². The van der Waals surface area contributed by atoms with E-state index < -0.39 is 41.5 Å². The lowest BCUT2D eigenvalue weighted by Gasteiger charge is -2.09. The highest BCUT2D eigenvalue weighted by Crippen LogP contribution is 2.42.